The van der Waals surface area contributed by atoms with E-state index in [0.29, 0.717) is 24.1 Å². The Labute approximate surface area is 202 Å². The van der Waals surface area contributed by atoms with Crippen LogP contribution in [0.15, 0.2) is 71.6 Å². The number of aryl methyl sites for hydroxylation is 3. The summed E-state index contributed by atoms with van der Waals surface area (Å²) in [6, 6.07) is 20.8. The lowest BCUT2D eigenvalue weighted by Crippen LogP contribution is -2.42. The summed E-state index contributed by atoms with van der Waals surface area (Å²) in [7, 11) is -2.28. The van der Waals surface area contributed by atoms with Gasteiger partial charge in [-0.05, 0) is 61.6 Å². The summed E-state index contributed by atoms with van der Waals surface area (Å²) >= 11 is 0. The van der Waals surface area contributed by atoms with E-state index in [1.165, 1.54) is 4.31 Å². The molecule has 0 saturated carbocycles. The Hall–Kier alpha value is -3.16. The van der Waals surface area contributed by atoms with Gasteiger partial charge < -0.3 is 10.1 Å². The van der Waals surface area contributed by atoms with Crippen molar-refractivity contribution >= 4 is 15.9 Å². The van der Waals surface area contributed by atoms with Crippen LogP contribution in [0.25, 0.3) is 0 Å². The van der Waals surface area contributed by atoms with Gasteiger partial charge in [0.15, 0.2) is 0 Å². The highest BCUT2D eigenvalue weighted by molar-refractivity contribution is 7.89. The number of carbonyl (C=O) groups is 1. The van der Waals surface area contributed by atoms with Gasteiger partial charge in [0.05, 0.1) is 18.6 Å². The summed E-state index contributed by atoms with van der Waals surface area (Å²) in [5.74, 6) is 0.381. The number of ether oxygens (including phenoxy) is 1. The fraction of sp³-hybridized carbons (Fsp3) is 0.296. The number of nitrogens with zero attached hydrogens (tertiary/aromatic N) is 1. The normalized spacial score (nSPS) is 11.4. The molecule has 3 aromatic carbocycles. The van der Waals surface area contributed by atoms with E-state index in [9.17, 15) is 13.2 Å². The van der Waals surface area contributed by atoms with Crippen molar-refractivity contribution in [2.24, 2.45) is 0 Å². The highest BCUT2D eigenvalue weighted by atomic mass is 32.2. The number of nitrogens with one attached hydrogen (secondary N) is 1. The number of carbonyl (C=O) groups excluding carboxylic acids is 1. The molecule has 0 aromatic heterocycles. The summed E-state index contributed by atoms with van der Waals surface area (Å²) in [5.41, 5.74) is 4.28. The van der Waals surface area contributed by atoms with Crippen LogP contribution in [0.3, 0.4) is 0 Å². The maximum Gasteiger partial charge on any atom is 0.244 e. The predicted molar refractivity (Wildman–Crippen MR) is 134 cm³/mol. The van der Waals surface area contributed by atoms with Gasteiger partial charge in [0.25, 0.3) is 0 Å². The SMILES string of the molecule is COc1ccc(CNC(=O)CN(CCc2ccccc2)S(=O)(=O)c2c(C)cc(C)cc2C)cc1. The van der Waals surface area contributed by atoms with Crippen molar-refractivity contribution < 1.29 is 17.9 Å². The first kappa shape index (κ1) is 25.5. The van der Waals surface area contributed by atoms with Crippen molar-refractivity contribution in [2.45, 2.75) is 38.6 Å². The van der Waals surface area contributed by atoms with Gasteiger partial charge in [-0.15, -0.1) is 0 Å². The van der Waals surface area contributed by atoms with Crippen LogP contribution < -0.4 is 10.1 Å². The third-order valence-electron chi connectivity index (χ3n) is 5.66. The van der Waals surface area contributed by atoms with Crippen molar-refractivity contribution in [3.8, 4) is 5.75 Å². The molecule has 0 aliphatic carbocycles. The number of hydrogen-bond donors (Lipinski definition) is 1. The summed E-state index contributed by atoms with van der Waals surface area (Å²) in [6.45, 7) is 5.79. The maximum atomic E-state index is 13.7. The van der Waals surface area contributed by atoms with Crippen molar-refractivity contribution in [2.75, 3.05) is 20.2 Å². The topological polar surface area (TPSA) is 75.7 Å². The zero-order valence-electron chi connectivity index (χ0n) is 20.2. The largest absolute Gasteiger partial charge is 0.497 e. The molecule has 0 aliphatic rings. The Balaban J connectivity index is 1.80. The third-order valence-corrected chi connectivity index (χ3v) is 7.82. The van der Waals surface area contributed by atoms with E-state index >= 15 is 0 Å². The molecule has 0 saturated heterocycles. The molecular weight excluding hydrogens is 448 g/mol. The molecule has 0 aliphatic heterocycles. The van der Waals surface area contributed by atoms with E-state index in [0.717, 1.165) is 22.4 Å². The lowest BCUT2D eigenvalue weighted by Gasteiger charge is -2.24. The smallest absolute Gasteiger partial charge is 0.244 e. The summed E-state index contributed by atoms with van der Waals surface area (Å²) in [6.07, 6.45) is 0.510. The van der Waals surface area contributed by atoms with E-state index in [1.807, 2.05) is 73.7 Å². The molecule has 7 heteroatoms. The van der Waals surface area contributed by atoms with Gasteiger partial charge in [-0.2, -0.15) is 4.31 Å². The van der Waals surface area contributed by atoms with Gasteiger partial charge in [-0.25, -0.2) is 8.42 Å². The Bertz CT molecular complexity index is 1200. The van der Waals surface area contributed by atoms with Crippen LogP contribution in [0.4, 0.5) is 0 Å². The maximum absolute atomic E-state index is 13.7. The molecule has 0 unspecified atom stereocenters. The first-order chi connectivity index (χ1) is 16.2. The Kier molecular flexibility index (Phi) is 8.47. The van der Waals surface area contributed by atoms with E-state index in [2.05, 4.69) is 5.32 Å². The molecule has 1 N–H and O–H groups in total. The van der Waals surface area contributed by atoms with Gasteiger partial charge in [0.1, 0.15) is 5.75 Å². The van der Waals surface area contributed by atoms with Crippen LogP contribution in [0.2, 0.25) is 0 Å². The number of benzene rings is 3. The minimum atomic E-state index is -3.88. The molecule has 3 aromatic rings. The molecule has 0 radical (unpaired) electrons. The van der Waals surface area contributed by atoms with Crippen molar-refractivity contribution in [3.05, 3.63) is 94.5 Å². The average Bonchev–Trinajstić information content (AvgIpc) is 2.80. The summed E-state index contributed by atoms with van der Waals surface area (Å²) < 4.78 is 33.9. The molecule has 0 atom stereocenters. The fourth-order valence-electron chi connectivity index (χ4n) is 4.05. The number of sulfonamides is 1. The molecule has 34 heavy (non-hydrogen) atoms. The van der Waals surface area contributed by atoms with E-state index < -0.39 is 10.0 Å². The lowest BCUT2D eigenvalue weighted by atomic mass is 10.1. The number of rotatable bonds is 10. The molecule has 6 nitrogen and oxygen atoms in total. The summed E-state index contributed by atoms with van der Waals surface area (Å²) in [5, 5.41) is 2.84. The Morgan fingerprint density at radius 3 is 2.12 bits per heavy atom. The van der Waals surface area contributed by atoms with Crippen LogP contribution >= 0.6 is 0 Å². The first-order valence-corrected chi connectivity index (χ1v) is 12.7. The van der Waals surface area contributed by atoms with Gasteiger partial charge in [-0.1, -0.05) is 60.2 Å². The van der Waals surface area contributed by atoms with Gasteiger partial charge in [-0.3, -0.25) is 4.79 Å². The molecule has 0 heterocycles. The van der Waals surface area contributed by atoms with E-state index in [1.54, 1.807) is 21.0 Å². The van der Waals surface area contributed by atoms with Crippen molar-refractivity contribution in [1.82, 2.24) is 9.62 Å². The molecular formula is C27H32N2O4S. The van der Waals surface area contributed by atoms with E-state index in [4.69, 9.17) is 4.74 Å². The van der Waals surface area contributed by atoms with Crippen LogP contribution in [0.5, 0.6) is 5.75 Å². The minimum Gasteiger partial charge on any atom is -0.497 e. The second kappa shape index (κ2) is 11.3. The fourth-order valence-corrected chi connectivity index (χ4v) is 5.85. The average molecular weight is 481 g/mol. The molecule has 1 amide bonds. The summed E-state index contributed by atoms with van der Waals surface area (Å²) in [4.78, 5) is 13.1. The van der Waals surface area contributed by atoms with Crippen LogP contribution in [-0.2, 0) is 27.8 Å². The molecule has 0 bridgehead atoms. The Morgan fingerprint density at radius 2 is 1.53 bits per heavy atom. The highest BCUT2D eigenvalue weighted by Gasteiger charge is 2.29. The molecule has 3 rings (SSSR count). The monoisotopic (exact) mass is 480 g/mol. The standard InChI is InChI=1S/C27H32N2O4S/c1-20-16-21(2)27(22(3)17-20)34(31,32)29(15-14-23-8-6-5-7-9-23)19-26(30)28-18-24-10-12-25(33-4)13-11-24/h5-13,16-17H,14-15,18-19H2,1-4H3,(H,28,30). The zero-order chi connectivity index (χ0) is 24.7. The number of methoxy groups -OCH3 is 1. The minimum absolute atomic E-state index is 0.203. The van der Waals surface area contributed by atoms with Gasteiger partial charge in [0, 0.05) is 13.1 Å². The van der Waals surface area contributed by atoms with Gasteiger partial charge in [0.2, 0.25) is 15.9 Å². The predicted octanol–water partition coefficient (Wildman–Crippen LogP) is 4.17. The second-order valence-corrected chi connectivity index (χ2v) is 10.3. The van der Waals surface area contributed by atoms with Crippen LogP contribution in [0, 0.1) is 20.8 Å². The third kappa shape index (κ3) is 6.46. The lowest BCUT2D eigenvalue weighted by molar-refractivity contribution is -0.121. The zero-order valence-corrected chi connectivity index (χ0v) is 21.0. The van der Waals surface area contributed by atoms with Crippen molar-refractivity contribution in [1.29, 1.82) is 0 Å². The van der Waals surface area contributed by atoms with Gasteiger partial charge >= 0.3 is 0 Å². The Morgan fingerprint density at radius 1 is 0.912 bits per heavy atom. The van der Waals surface area contributed by atoms with Crippen LogP contribution in [0.1, 0.15) is 27.8 Å². The molecule has 0 spiro atoms. The molecule has 180 valence electrons. The number of amides is 1. The quantitative estimate of drug-likeness (QED) is 0.473. The number of hydrogen-bond acceptors (Lipinski definition) is 4. The van der Waals surface area contributed by atoms with Crippen molar-refractivity contribution in [3.63, 3.8) is 0 Å². The van der Waals surface area contributed by atoms with Crippen LogP contribution in [-0.4, -0.2) is 38.8 Å². The molecule has 0 fully saturated rings. The highest BCUT2D eigenvalue weighted by Crippen LogP contribution is 2.25. The second-order valence-electron chi connectivity index (χ2n) is 8.43. The first-order valence-electron chi connectivity index (χ1n) is 11.2. The van der Waals surface area contributed by atoms with E-state index in [-0.39, 0.29) is 23.9 Å².